The summed E-state index contributed by atoms with van der Waals surface area (Å²) >= 11 is 0. The van der Waals surface area contributed by atoms with Gasteiger partial charge in [0.2, 0.25) is 0 Å². The molecule has 4 heteroatoms. The van der Waals surface area contributed by atoms with Crippen LogP contribution in [-0.2, 0) is 6.54 Å². The van der Waals surface area contributed by atoms with E-state index in [9.17, 15) is 4.79 Å². The van der Waals surface area contributed by atoms with Gasteiger partial charge in [-0.15, -0.1) is 0 Å². The molecule has 1 heterocycles. The van der Waals surface area contributed by atoms with Gasteiger partial charge in [0.15, 0.2) is 0 Å². The van der Waals surface area contributed by atoms with E-state index in [0.29, 0.717) is 13.1 Å². The Hall–Kier alpha value is -1.68. The van der Waals surface area contributed by atoms with E-state index in [-0.39, 0.29) is 5.56 Å². The first-order valence-electron chi connectivity index (χ1n) is 4.47. The first-order chi connectivity index (χ1) is 6.83. The van der Waals surface area contributed by atoms with Crippen LogP contribution in [0.4, 0.5) is 0 Å². The summed E-state index contributed by atoms with van der Waals surface area (Å²) in [5.74, 6) is 0. The van der Waals surface area contributed by atoms with Crippen LogP contribution in [0.2, 0.25) is 0 Å². The summed E-state index contributed by atoms with van der Waals surface area (Å²) in [7, 11) is 0. The molecule has 0 aliphatic rings. The van der Waals surface area contributed by atoms with Gasteiger partial charge in [0.1, 0.15) is 0 Å². The summed E-state index contributed by atoms with van der Waals surface area (Å²) in [5, 5.41) is 0. The highest BCUT2D eigenvalue weighted by atomic mass is 16.1. The van der Waals surface area contributed by atoms with Crippen LogP contribution < -0.4 is 11.3 Å². The van der Waals surface area contributed by atoms with Crippen molar-refractivity contribution in [3.05, 3.63) is 40.8 Å². The molecule has 0 aliphatic carbocycles. The van der Waals surface area contributed by atoms with Crippen LogP contribution in [-0.4, -0.2) is 16.1 Å². The van der Waals surface area contributed by atoms with Gasteiger partial charge in [0.05, 0.1) is 17.2 Å². The van der Waals surface area contributed by atoms with E-state index in [1.54, 1.807) is 4.57 Å². The Morgan fingerprint density at radius 1 is 1.36 bits per heavy atom. The molecule has 0 atom stereocenters. The van der Waals surface area contributed by atoms with Crippen molar-refractivity contribution in [1.82, 2.24) is 9.55 Å². The monoisotopic (exact) mass is 189 g/mol. The molecule has 4 nitrogen and oxygen atoms in total. The van der Waals surface area contributed by atoms with Gasteiger partial charge in [-0.05, 0) is 12.1 Å². The summed E-state index contributed by atoms with van der Waals surface area (Å²) in [5.41, 5.74) is 7.00. The summed E-state index contributed by atoms with van der Waals surface area (Å²) in [6.45, 7) is 0.982. The molecule has 1 aromatic carbocycles. The van der Waals surface area contributed by atoms with E-state index in [4.69, 9.17) is 5.73 Å². The van der Waals surface area contributed by atoms with Gasteiger partial charge in [-0.25, -0.2) is 4.98 Å². The average molecular weight is 189 g/mol. The molecule has 1 aromatic heterocycles. The summed E-state index contributed by atoms with van der Waals surface area (Å²) < 4.78 is 1.64. The molecule has 0 fully saturated rings. The fourth-order valence-electron chi connectivity index (χ4n) is 1.47. The number of rotatable bonds is 2. The van der Waals surface area contributed by atoms with E-state index in [0.717, 1.165) is 11.0 Å². The lowest BCUT2D eigenvalue weighted by Gasteiger charge is -2.06. The molecule has 2 N–H and O–H groups in total. The Labute approximate surface area is 81.0 Å². The number of hydrogen-bond donors (Lipinski definition) is 1. The minimum atomic E-state index is -0.103. The number of hydrogen-bond acceptors (Lipinski definition) is 3. The molecule has 0 amide bonds. The van der Waals surface area contributed by atoms with Gasteiger partial charge in [-0.2, -0.15) is 0 Å². The highest BCUT2D eigenvalue weighted by Gasteiger charge is 2.01. The van der Waals surface area contributed by atoms with Crippen molar-refractivity contribution in [2.45, 2.75) is 6.54 Å². The van der Waals surface area contributed by atoms with Gasteiger partial charge >= 0.3 is 0 Å². The van der Waals surface area contributed by atoms with Crippen LogP contribution in [0.15, 0.2) is 35.3 Å². The van der Waals surface area contributed by atoms with Gasteiger partial charge in [-0.1, -0.05) is 12.1 Å². The second-order valence-corrected chi connectivity index (χ2v) is 3.03. The fraction of sp³-hybridized carbons (Fsp3) is 0.200. The Morgan fingerprint density at radius 2 is 2.14 bits per heavy atom. The predicted octanol–water partition coefficient (Wildman–Crippen LogP) is 0.355. The third-order valence-electron chi connectivity index (χ3n) is 2.11. The molecular weight excluding hydrogens is 178 g/mol. The van der Waals surface area contributed by atoms with Gasteiger partial charge in [-0.3, -0.25) is 4.79 Å². The maximum Gasteiger partial charge on any atom is 0.269 e. The number of fused-ring (bicyclic) bond motifs is 1. The molecule has 0 aliphatic heterocycles. The Kier molecular flexibility index (Phi) is 2.28. The Balaban J connectivity index is 2.76. The van der Waals surface area contributed by atoms with Crippen molar-refractivity contribution in [3.63, 3.8) is 0 Å². The number of aromatic nitrogens is 2. The number of nitrogens with two attached hydrogens (primary N) is 1. The molecule has 0 saturated heterocycles. The lowest BCUT2D eigenvalue weighted by atomic mass is 10.3. The molecular formula is C10H11N3O. The minimum absolute atomic E-state index is 0.103. The third-order valence-corrected chi connectivity index (χ3v) is 2.11. The second-order valence-electron chi connectivity index (χ2n) is 3.03. The summed E-state index contributed by atoms with van der Waals surface area (Å²) in [4.78, 5) is 15.5. The van der Waals surface area contributed by atoms with Gasteiger partial charge < -0.3 is 10.3 Å². The van der Waals surface area contributed by atoms with Crippen molar-refractivity contribution < 1.29 is 0 Å². The lowest BCUT2D eigenvalue weighted by Crippen LogP contribution is -2.24. The summed E-state index contributed by atoms with van der Waals surface area (Å²) in [6.07, 6.45) is 1.33. The topological polar surface area (TPSA) is 60.9 Å². The van der Waals surface area contributed by atoms with Crippen LogP contribution in [0.5, 0.6) is 0 Å². The second kappa shape index (κ2) is 3.59. The van der Waals surface area contributed by atoms with E-state index in [1.807, 2.05) is 24.3 Å². The van der Waals surface area contributed by atoms with E-state index >= 15 is 0 Å². The molecule has 2 rings (SSSR count). The first-order valence-corrected chi connectivity index (χ1v) is 4.47. The number of benzene rings is 1. The zero-order valence-electron chi connectivity index (χ0n) is 7.68. The highest BCUT2D eigenvalue weighted by molar-refractivity contribution is 5.74. The van der Waals surface area contributed by atoms with Crippen LogP contribution in [0.3, 0.4) is 0 Å². The molecule has 72 valence electrons. The SMILES string of the molecule is NCCn1c(=O)cnc2ccccc21. The zero-order valence-corrected chi connectivity index (χ0v) is 7.68. The quantitative estimate of drug-likeness (QED) is 0.741. The van der Waals surface area contributed by atoms with Crippen LogP contribution in [0, 0.1) is 0 Å². The van der Waals surface area contributed by atoms with E-state index < -0.39 is 0 Å². The number of para-hydroxylation sites is 2. The standard InChI is InChI=1S/C10H11N3O/c11-5-6-13-9-4-2-1-3-8(9)12-7-10(13)14/h1-4,7H,5-6,11H2. The van der Waals surface area contributed by atoms with Crippen LogP contribution >= 0.6 is 0 Å². The number of nitrogens with zero attached hydrogens (tertiary/aromatic N) is 2. The molecule has 2 aromatic rings. The highest BCUT2D eigenvalue weighted by Crippen LogP contribution is 2.07. The Morgan fingerprint density at radius 3 is 2.93 bits per heavy atom. The minimum Gasteiger partial charge on any atom is -0.329 e. The van der Waals surface area contributed by atoms with Crippen molar-refractivity contribution in [3.8, 4) is 0 Å². The maximum absolute atomic E-state index is 11.5. The van der Waals surface area contributed by atoms with Crippen molar-refractivity contribution in [2.75, 3.05) is 6.54 Å². The molecule has 0 unspecified atom stereocenters. The maximum atomic E-state index is 11.5. The Bertz CT molecular complexity index is 504. The molecule has 14 heavy (non-hydrogen) atoms. The molecule has 0 bridgehead atoms. The van der Waals surface area contributed by atoms with Gasteiger partial charge in [0, 0.05) is 13.1 Å². The van der Waals surface area contributed by atoms with Crippen LogP contribution in [0.1, 0.15) is 0 Å². The third kappa shape index (κ3) is 1.40. The predicted molar refractivity (Wildman–Crippen MR) is 55.1 cm³/mol. The average Bonchev–Trinajstić information content (AvgIpc) is 2.23. The summed E-state index contributed by atoms with van der Waals surface area (Å²) in [6, 6.07) is 7.53. The molecule has 0 radical (unpaired) electrons. The van der Waals surface area contributed by atoms with E-state index in [2.05, 4.69) is 4.98 Å². The van der Waals surface area contributed by atoms with Crippen molar-refractivity contribution >= 4 is 11.0 Å². The van der Waals surface area contributed by atoms with E-state index in [1.165, 1.54) is 6.20 Å². The molecule has 0 spiro atoms. The van der Waals surface area contributed by atoms with Crippen LogP contribution in [0.25, 0.3) is 11.0 Å². The lowest BCUT2D eigenvalue weighted by molar-refractivity contribution is 0.702. The smallest absolute Gasteiger partial charge is 0.269 e. The zero-order chi connectivity index (χ0) is 9.97. The van der Waals surface area contributed by atoms with Crippen molar-refractivity contribution in [1.29, 1.82) is 0 Å². The fourth-order valence-corrected chi connectivity index (χ4v) is 1.47. The first kappa shape index (κ1) is 8.90. The molecule has 0 saturated carbocycles. The normalized spacial score (nSPS) is 10.6. The van der Waals surface area contributed by atoms with Crippen molar-refractivity contribution in [2.24, 2.45) is 5.73 Å². The largest absolute Gasteiger partial charge is 0.329 e. The van der Waals surface area contributed by atoms with Gasteiger partial charge in [0.25, 0.3) is 5.56 Å².